The molecule has 1 amide bonds. The maximum atomic E-state index is 11.2. The van der Waals surface area contributed by atoms with Crippen molar-refractivity contribution in [2.24, 2.45) is 5.73 Å². The lowest BCUT2D eigenvalue weighted by Gasteiger charge is -2.17. The number of hydrogen-bond acceptors (Lipinski definition) is 3. The van der Waals surface area contributed by atoms with Gasteiger partial charge < -0.3 is 15.4 Å². The zero-order chi connectivity index (χ0) is 11.7. The van der Waals surface area contributed by atoms with Crippen molar-refractivity contribution >= 4 is 11.6 Å². The van der Waals surface area contributed by atoms with Crippen LogP contribution in [0.4, 0.5) is 5.69 Å². The average Bonchev–Trinajstić information content (AvgIpc) is 3.01. The molecule has 2 N–H and O–H groups in total. The van der Waals surface area contributed by atoms with Gasteiger partial charge in [0.25, 0.3) is 5.91 Å². The monoisotopic (exact) mass is 220 g/mol. The Morgan fingerprint density at radius 1 is 1.44 bits per heavy atom. The van der Waals surface area contributed by atoms with Crippen LogP contribution in [0.2, 0.25) is 0 Å². The summed E-state index contributed by atoms with van der Waals surface area (Å²) in [6.45, 7) is 0. The highest BCUT2D eigenvalue weighted by Gasteiger charge is 2.24. The minimum absolute atomic E-state index is 0.356. The fourth-order valence-electron chi connectivity index (χ4n) is 1.54. The summed E-state index contributed by atoms with van der Waals surface area (Å²) in [5.41, 5.74) is 6.63. The molecule has 1 aliphatic carbocycles. The molecule has 86 valence electrons. The molecule has 0 unspecified atom stereocenters. The minimum atomic E-state index is -0.415. The molecule has 0 aromatic heterocycles. The molecule has 0 radical (unpaired) electrons. The van der Waals surface area contributed by atoms with Crippen molar-refractivity contribution in [2.45, 2.75) is 18.9 Å². The SMILES string of the molecule is CN(C)c1cc(OC2CC2)ccc1C(N)=O. The molecule has 0 atom stereocenters. The van der Waals surface area contributed by atoms with Crippen LogP contribution in [-0.4, -0.2) is 26.1 Å². The molecule has 1 aromatic rings. The van der Waals surface area contributed by atoms with Crippen molar-refractivity contribution in [3.8, 4) is 5.75 Å². The summed E-state index contributed by atoms with van der Waals surface area (Å²) in [5.74, 6) is 0.387. The summed E-state index contributed by atoms with van der Waals surface area (Å²) < 4.78 is 5.67. The van der Waals surface area contributed by atoms with Crippen molar-refractivity contribution in [1.82, 2.24) is 0 Å². The molecular weight excluding hydrogens is 204 g/mol. The van der Waals surface area contributed by atoms with E-state index in [1.807, 2.05) is 25.1 Å². The van der Waals surface area contributed by atoms with E-state index in [0.29, 0.717) is 11.7 Å². The molecule has 0 spiro atoms. The number of anilines is 1. The third kappa shape index (κ3) is 2.27. The lowest BCUT2D eigenvalue weighted by molar-refractivity contribution is 0.100. The van der Waals surface area contributed by atoms with Crippen LogP contribution in [0.25, 0.3) is 0 Å². The number of carbonyl (C=O) groups is 1. The molecule has 1 fully saturated rings. The van der Waals surface area contributed by atoms with Crippen molar-refractivity contribution in [2.75, 3.05) is 19.0 Å². The van der Waals surface area contributed by atoms with Crippen LogP contribution in [0, 0.1) is 0 Å². The Morgan fingerprint density at radius 3 is 2.62 bits per heavy atom. The minimum Gasteiger partial charge on any atom is -0.490 e. The fourth-order valence-corrected chi connectivity index (χ4v) is 1.54. The highest BCUT2D eigenvalue weighted by Crippen LogP contribution is 2.30. The van der Waals surface area contributed by atoms with Crippen molar-refractivity contribution in [3.63, 3.8) is 0 Å². The van der Waals surface area contributed by atoms with Gasteiger partial charge in [0.15, 0.2) is 0 Å². The second-order valence-electron chi connectivity index (χ2n) is 4.25. The van der Waals surface area contributed by atoms with Crippen LogP contribution in [0.15, 0.2) is 18.2 Å². The quantitative estimate of drug-likeness (QED) is 0.834. The molecule has 1 aliphatic rings. The lowest BCUT2D eigenvalue weighted by Crippen LogP contribution is -2.18. The summed E-state index contributed by atoms with van der Waals surface area (Å²) in [6.07, 6.45) is 2.60. The summed E-state index contributed by atoms with van der Waals surface area (Å²) in [6, 6.07) is 5.37. The normalized spacial score (nSPS) is 14.6. The number of hydrogen-bond donors (Lipinski definition) is 1. The zero-order valence-corrected chi connectivity index (χ0v) is 9.56. The fraction of sp³-hybridized carbons (Fsp3) is 0.417. The van der Waals surface area contributed by atoms with E-state index in [1.54, 1.807) is 12.1 Å². The van der Waals surface area contributed by atoms with E-state index < -0.39 is 5.91 Å². The van der Waals surface area contributed by atoms with Gasteiger partial charge in [0.1, 0.15) is 5.75 Å². The van der Waals surface area contributed by atoms with E-state index in [0.717, 1.165) is 24.3 Å². The van der Waals surface area contributed by atoms with Gasteiger partial charge in [0, 0.05) is 20.2 Å². The highest BCUT2D eigenvalue weighted by atomic mass is 16.5. The Hall–Kier alpha value is -1.71. The number of amides is 1. The number of benzene rings is 1. The average molecular weight is 220 g/mol. The van der Waals surface area contributed by atoms with E-state index in [2.05, 4.69) is 0 Å². The first-order chi connectivity index (χ1) is 7.58. The molecule has 1 saturated carbocycles. The molecular formula is C12H16N2O2. The smallest absolute Gasteiger partial charge is 0.250 e. The van der Waals surface area contributed by atoms with Crippen LogP contribution < -0.4 is 15.4 Å². The first-order valence-corrected chi connectivity index (χ1v) is 5.36. The van der Waals surface area contributed by atoms with Gasteiger partial charge in [-0.25, -0.2) is 0 Å². The predicted octanol–water partition coefficient (Wildman–Crippen LogP) is 1.39. The first-order valence-electron chi connectivity index (χ1n) is 5.36. The van der Waals surface area contributed by atoms with Gasteiger partial charge in [-0.15, -0.1) is 0 Å². The highest BCUT2D eigenvalue weighted by molar-refractivity contribution is 5.98. The summed E-state index contributed by atoms with van der Waals surface area (Å²) in [5, 5.41) is 0. The Kier molecular flexibility index (Phi) is 2.73. The van der Waals surface area contributed by atoms with Gasteiger partial charge in [0.05, 0.1) is 17.4 Å². The first kappa shape index (κ1) is 10.8. The van der Waals surface area contributed by atoms with Crippen LogP contribution in [0.5, 0.6) is 5.75 Å². The molecule has 0 heterocycles. The van der Waals surface area contributed by atoms with E-state index in [1.165, 1.54) is 0 Å². The van der Waals surface area contributed by atoms with E-state index in [-0.39, 0.29) is 0 Å². The summed E-state index contributed by atoms with van der Waals surface area (Å²) >= 11 is 0. The summed E-state index contributed by atoms with van der Waals surface area (Å²) in [4.78, 5) is 13.1. The molecule has 1 aromatic carbocycles. The number of nitrogens with two attached hydrogens (primary N) is 1. The van der Waals surface area contributed by atoms with E-state index in [9.17, 15) is 4.79 Å². The maximum Gasteiger partial charge on any atom is 0.250 e. The molecule has 0 saturated heterocycles. The van der Waals surface area contributed by atoms with Crippen LogP contribution in [0.1, 0.15) is 23.2 Å². The number of primary amides is 1. The number of nitrogens with zero attached hydrogens (tertiary/aromatic N) is 1. The van der Waals surface area contributed by atoms with Crippen LogP contribution in [-0.2, 0) is 0 Å². The predicted molar refractivity (Wildman–Crippen MR) is 62.9 cm³/mol. The largest absolute Gasteiger partial charge is 0.490 e. The molecule has 16 heavy (non-hydrogen) atoms. The van der Waals surface area contributed by atoms with E-state index in [4.69, 9.17) is 10.5 Å². The van der Waals surface area contributed by atoms with Gasteiger partial charge in [-0.2, -0.15) is 0 Å². The van der Waals surface area contributed by atoms with E-state index >= 15 is 0 Å². The molecule has 2 rings (SSSR count). The van der Waals surface area contributed by atoms with Crippen LogP contribution >= 0.6 is 0 Å². The van der Waals surface area contributed by atoms with Crippen molar-refractivity contribution in [3.05, 3.63) is 23.8 Å². The zero-order valence-electron chi connectivity index (χ0n) is 9.56. The van der Waals surface area contributed by atoms with Gasteiger partial charge in [-0.3, -0.25) is 4.79 Å². The second-order valence-corrected chi connectivity index (χ2v) is 4.25. The number of carbonyl (C=O) groups excluding carboxylic acids is 1. The molecule has 0 aliphatic heterocycles. The number of ether oxygens (including phenoxy) is 1. The maximum absolute atomic E-state index is 11.2. The molecule has 4 heteroatoms. The Bertz CT molecular complexity index is 411. The van der Waals surface area contributed by atoms with Gasteiger partial charge in [0.2, 0.25) is 0 Å². The lowest BCUT2D eigenvalue weighted by atomic mass is 10.1. The Labute approximate surface area is 95.0 Å². The topological polar surface area (TPSA) is 55.6 Å². The standard InChI is InChI=1S/C12H16N2O2/c1-14(2)11-7-9(16-8-3-4-8)5-6-10(11)12(13)15/h5-8H,3-4H2,1-2H3,(H2,13,15). The molecule has 0 bridgehead atoms. The third-order valence-electron chi connectivity index (χ3n) is 2.54. The van der Waals surface area contributed by atoms with Gasteiger partial charge in [-0.05, 0) is 25.0 Å². The third-order valence-corrected chi connectivity index (χ3v) is 2.54. The van der Waals surface area contributed by atoms with Crippen molar-refractivity contribution in [1.29, 1.82) is 0 Å². The van der Waals surface area contributed by atoms with Crippen LogP contribution in [0.3, 0.4) is 0 Å². The Morgan fingerprint density at radius 2 is 2.12 bits per heavy atom. The van der Waals surface area contributed by atoms with Gasteiger partial charge >= 0.3 is 0 Å². The molecule has 4 nitrogen and oxygen atoms in total. The number of rotatable bonds is 4. The van der Waals surface area contributed by atoms with Gasteiger partial charge in [-0.1, -0.05) is 0 Å². The van der Waals surface area contributed by atoms with Crippen molar-refractivity contribution < 1.29 is 9.53 Å². The summed E-state index contributed by atoms with van der Waals surface area (Å²) in [7, 11) is 3.76. The Balaban J connectivity index is 2.30. The second kappa shape index (κ2) is 4.04.